The molecule has 0 aliphatic rings. The third kappa shape index (κ3) is 4.38. The molecule has 0 saturated carbocycles. The van der Waals surface area contributed by atoms with Crippen LogP contribution in [0, 0.1) is 12.3 Å². The molecule has 15 heavy (non-hydrogen) atoms. The van der Waals surface area contributed by atoms with Crippen molar-refractivity contribution >= 4 is 27.7 Å². The number of hydrogen-bond acceptors (Lipinski definition) is 3. The Hall–Kier alpha value is -0.290. The lowest BCUT2D eigenvalue weighted by Gasteiger charge is -2.20. The average Bonchev–Trinajstić information content (AvgIpc) is 2.14. The van der Waals surface area contributed by atoms with E-state index in [1.165, 1.54) is 6.07 Å². The number of halogens is 1. The Kier molecular flexibility index (Phi) is 4.40. The van der Waals surface area contributed by atoms with Gasteiger partial charge in [-0.25, -0.2) is 4.98 Å². The molecule has 0 radical (unpaired) electrons. The van der Waals surface area contributed by atoms with Crippen LogP contribution in [-0.4, -0.2) is 21.1 Å². The first-order valence-corrected chi connectivity index (χ1v) is 6.80. The van der Waals surface area contributed by atoms with E-state index in [2.05, 4.69) is 39.7 Å². The van der Waals surface area contributed by atoms with Gasteiger partial charge >= 0.3 is 0 Å². The molecule has 0 aromatic carbocycles. The monoisotopic (exact) mass is 290 g/mol. The Labute approximate surface area is 102 Å². The van der Waals surface area contributed by atoms with Gasteiger partial charge in [-0.05, 0) is 12.3 Å². The van der Waals surface area contributed by atoms with Crippen LogP contribution in [0.1, 0.15) is 19.5 Å². The fourth-order valence-corrected chi connectivity index (χ4v) is 2.39. The van der Waals surface area contributed by atoms with Crippen LogP contribution in [-0.2, 0) is 0 Å². The van der Waals surface area contributed by atoms with E-state index in [4.69, 9.17) is 0 Å². The number of thioether (sulfide) groups is 1. The van der Waals surface area contributed by atoms with E-state index in [-0.39, 0.29) is 11.0 Å². The van der Waals surface area contributed by atoms with Gasteiger partial charge in [-0.1, -0.05) is 41.5 Å². The number of nitrogens with zero attached hydrogens (tertiary/aromatic N) is 1. The van der Waals surface area contributed by atoms with Crippen molar-refractivity contribution in [2.24, 2.45) is 5.41 Å². The minimum absolute atomic E-state index is 0.0818. The Morgan fingerprint density at radius 2 is 2.27 bits per heavy atom. The number of H-pyrrole nitrogens is 1. The first-order chi connectivity index (χ1) is 6.93. The maximum Gasteiger partial charge on any atom is 0.251 e. The maximum absolute atomic E-state index is 11.2. The molecule has 0 aliphatic carbocycles. The van der Waals surface area contributed by atoms with Gasteiger partial charge in [0.15, 0.2) is 5.16 Å². The van der Waals surface area contributed by atoms with E-state index in [1.807, 2.05) is 6.92 Å². The number of aromatic nitrogens is 2. The summed E-state index contributed by atoms with van der Waals surface area (Å²) in [6.45, 7) is 6.17. The number of aryl methyl sites for hydroxylation is 1. The third-order valence-electron chi connectivity index (χ3n) is 1.81. The molecular weight excluding hydrogens is 276 g/mol. The molecule has 1 heterocycles. The lowest BCUT2D eigenvalue weighted by Crippen LogP contribution is -2.17. The normalized spacial score (nSPS) is 11.7. The fraction of sp³-hybridized carbons (Fsp3) is 0.600. The smallest absolute Gasteiger partial charge is 0.251 e. The van der Waals surface area contributed by atoms with Crippen LogP contribution < -0.4 is 5.56 Å². The lowest BCUT2D eigenvalue weighted by atomic mass is 10.0. The summed E-state index contributed by atoms with van der Waals surface area (Å²) in [5.41, 5.74) is 0.882. The van der Waals surface area contributed by atoms with Crippen LogP contribution >= 0.6 is 27.7 Å². The zero-order chi connectivity index (χ0) is 11.5. The Bertz CT molecular complexity index is 389. The molecule has 0 spiro atoms. The third-order valence-corrected chi connectivity index (χ3v) is 4.72. The van der Waals surface area contributed by atoms with Gasteiger partial charge in [0.25, 0.3) is 5.56 Å². The summed E-state index contributed by atoms with van der Waals surface area (Å²) in [5, 5.41) is 1.64. The minimum Gasteiger partial charge on any atom is -0.301 e. The van der Waals surface area contributed by atoms with E-state index in [1.54, 1.807) is 11.8 Å². The zero-order valence-corrected chi connectivity index (χ0v) is 11.5. The van der Waals surface area contributed by atoms with Crippen LogP contribution in [0.25, 0.3) is 0 Å². The van der Waals surface area contributed by atoms with Crippen molar-refractivity contribution in [1.29, 1.82) is 0 Å². The van der Waals surface area contributed by atoms with Crippen LogP contribution in [0.3, 0.4) is 0 Å². The first-order valence-electron chi connectivity index (χ1n) is 4.70. The van der Waals surface area contributed by atoms with E-state index >= 15 is 0 Å². The zero-order valence-electron chi connectivity index (χ0n) is 9.13. The molecule has 0 atom stereocenters. The van der Waals surface area contributed by atoms with Crippen molar-refractivity contribution in [2.45, 2.75) is 25.9 Å². The van der Waals surface area contributed by atoms with Crippen LogP contribution in [0.5, 0.6) is 0 Å². The van der Waals surface area contributed by atoms with Gasteiger partial charge in [0.1, 0.15) is 0 Å². The second-order valence-corrected chi connectivity index (χ2v) is 5.80. The van der Waals surface area contributed by atoms with Crippen LogP contribution in [0.2, 0.25) is 0 Å². The quantitative estimate of drug-likeness (QED) is 0.527. The van der Waals surface area contributed by atoms with Gasteiger partial charge in [-0.15, -0.1) is 0 Å². The Balaban J connectivity index is 2.70. The van der Waals surface area contributed by atoms with Gasteiger partial charge in [-0.2, -0.15) is 0 Å². The highest BCUT2D eigenvalue weighted by atomic mass is 79.9. The largest absolute Gasteiger partial charge is 0.301 e. The SMILES string of the molecule is Cc1cc(=O)[nH]c(SCC(C)(C)CBr)n1. The molecule has 0 amide bonds. The number of alkyl halides is 1. The fourth-order valence-electron chi connectivity index (χ4n) is 0.922. The molecule has 0 unspecified atom stereocenters. The van der Waals surface area contributed by atoms with Crippen molar-refractivity contribution in [2.75, 3.05) is 11.1 Å². The number of aromatic amines is 1. The summed E-state index contributed by atoms with van der Waals surface area (Å²) >= 11 is 5.05. The summed E-state index contributed by atoms with van der Waals surface area (Å²) in [6.07, 6.45) is 0. The van der Waals surface area contributed by atoms with Gasteiger partial charge < -0.3 is 4.98 Å². The highest BCUT2D eigenvalue weighted by Crippen LogP contribution is 2.26. The van der Waals surface area contributed by atoms with Crippen LogP contribution in [0.4, 0.5) is 0 Å². The van der Waals surface area contributed by atoms with Gasteiger partial charge in [-0.3, -0.25) is 4.79 Å². The minimum atomic E-state index is -0.0818. The number of rotatable bonds is 4. The molecule has 84 valence electrons. The molecular formula is C10H15BrN2OS. The molecule has 0 fully saturated rings. The number of nitrogens with one attached hydrogen (secondary N) is 1. The van der Waals surface area contributed by atoms with E-state index in [0.717, 1.165) is 16.8 Å². The molecule has 0 saturated heterocycles. The lowest BCUT2D eigenvalue weighted by molar-refractivity contribution is 0.495. The Morgan fingerprint density at radius 3 is 2.80 bits per heavy atom. The Morgan fingerprint density at radius 1 is 1.60 bits per heavy atom. The second-order valence-electron chi connectivity index (χ2n) is 4.28. The van der Waals surface area contributed by atoms with Gasteiger partial charge in [0.05, 0.1) is 0 Å². The summed E-state index contributed by atoms with van der Waals surface area (Å²) < 4.78 is 0. The molecule has 1 rings (SSSR count). The van der Waals surface area contributed by atoms with Crippen molar-refractivity contribution in [3.05, 3.63) is 22.1 Å². The van der Waals surface area contributed by atoms with Gasteiger partial charge in [0.2, 0.25) is 0 Å². The molecule has 5 heteroatoms. The van der Waals surface area contributed by atoms with Crippen molar-refractivity contribution in [3.8, 4) is 0 Å². The highest BCUT2D eigenvalue weighted by Gasteiger charge is 2.16. The highest BCUT2D eigenvalue weighted by molar-refractivity contribution is 9.09. The summed E-state index contributed by atoms with van der Waals surface area (Å²) in [6, 6.07) is 1.50. The molecule has 3 nitrogen and oxygen atoms in total. The van der Waals surface area contributed by atoms with Crippen molar-refractivity contribution in [3.63, 3.8) is 0 Å². The molecule has 1 aromatic rings. The van der Waals surface area contributed by atoms with Crippen molar-refractivity contribution in [1.82, 2.24) is 9.97 Å². The topological polar surface area (TPSA) is 45.8 Å². The van der Waals surface area contributed by atoms with Crippen molar-refractivity contribution < 1.29 is 0 Å². The number of hydrogen-bond donors (Lipinski definition) is 1. The second kappa shape index (κ2) is 5.16. The predicted octanol–water partition coefficient (Wildman–Crippen LogP) is 2.59. The summed E-state index contributed by atoms with van der Waals surface area (Å²) in [4.78, 5) is 18.2. The molecule has 0 aliphatic heterocycles. The van der Waals surface area contributed by atoms with E-state index in [9.17, 15) is 4.79 Å². The standard InChI is InChI=1S/C10H15BrN2OS/c1-7-4-8(14)13-9(12-7)15-6-10(2,3)5-11/h4H,5-6H2,1-3H3,(H,12,13,14). The van der Waals surface area contributed by atoms with Gasteiger partial charge in [0, 0.05) is 22.8 Å². The van der Waals surface area contributed by atoms with E-state index < -0.39 is 0 Å². The summed E-state index contributed by atoms with van der Waals surface area (Å²) in [7, 11) is 0. The maximum atomic E-state index is 11.2. The molecule has 1 aromatic heterocycles. The predicted molar refractivity (Wildman–Crippen MR) is 67.9 cm³/mol. The molecule has 0 bridgehead atoms. The van der Waals surface area contributed by atoms with Crippen LogP contribution in [0.15, 0.2) is 16.0 Å². The van der Waals surface area contributed by atoms with E-state index in [0.29, 0.717) is 5.16 Å². The first kappa shape index (κ1) is 12.8. The summed E-state index contributed by atoms with van der Waals surface area (Å²) in [5.74, 6) is 0.921. The average molecular weight is 291 g/mol. The molecule has 1 N–H and O–H groups in total.